The standard InChI is InChI=1S/C17H17ClF3N3/c18-14-10-16(24-8-7-23-5-3-12(24)4-6-23)22-15-9-11(17(19,20)21)1-2-13(14)15/h1-2,9-10,12H,3-8H2. The van der Waals surface area contributed by atoms with E-state index < -0.39 is 11.7 Å². The highest BCUT2D eigenvalue weighted by atomic mass is 35.5. The fourth-order valence-corrected chi connectivity index (χ4v) is 3.94. The molecule has 128 valence electrons. The molecule has 1 aromatic heterocycles. The highest BCUT2D eigenvalue weighted by Crippen LogP contribution is 2.35. The van der Waals surface area contributed by atoms with E-state index in [1.54, 1.807) is 6.07 Å². The van der Waals surface area contributed by atoms with E-state index in [4.69, 9.17) is 11.6 Å². The number of anilines is 1. The minimum absolute atomic E-state index is 0.298. The van der Waals surface area contributed by atoms with E-state index in [0.29, 0.717) is 27.8 Å². The molecule has 0 spiro atoms. The summed E-state index contributed by atoms with van der Waals surface area (Å²) in [4.78, 5) is 9.14. The second kappa shape index (κ2) is 5.77. The molecular formula is C17H17ClF3N3. The van der Waals surface area contributed by atoms with Gasteiger partial charge >= 0.3 is 6.18 Å². The zero-order valence-electron chi connectivity index (χ0n) is 13.0. The molecule has 2 bridgehead atoms. The number of nitrogens with zero attached hydrogens (tertiary/aromatic N) is 3. The molecule has 0 saturated carbocycles. The smallest absolute Gasteiger partial charge is 0.352 e. The molecule has 3 aliphatic rings. The molecular weight excluding hydrogens is 339 g/mol. The summed E-state index contributed by atoms with van der Waals surface area (Å²) in [5.74, 6) is 0.681. The number of fused-ring (bicyclic) bond motifs is 5. The average molecular weight is 356 g/mol. The van der Waals surface area contributed by atoms with E-state index in [0.717, 1.165) is 51.2 Å². The number of hydrogen-bond donors (Lipinski definition) is 0. The summed E-state index contributed by atoms with van der Waals surface area (Å²) in [7, 11) is 0. The van der Waals surface area contributed by atoms with Crippen LogP contribution in [0.1, 0.15) is 18.4 Å². The predicted molar refractivity (Wildman–Crippen MR) is 88.6 cm³/mol. The summed E-state index contributed by atoms with van der Waals surface area (Å²) in [5.41, 5.74) is -0.398. The Morgan fingerprint density at radius 3 is 2.50 bits per heavy atom. The molecule has 3 fully saturated rings. The zero-order valence-corrected chi connectivity index (χ0v) is 13.7. The highest BCUT2D eigenvalue weighted by Gasteiger charge is 2.32. The molecule has 0 amide bonds. The Bertz CT molecular complexity index is 770. The van der Waals surface area contributed by atoms with Gasteiger partial charge in [0.1, 0.15) is 5.82 Å². The van der Waals surface area contributed by atoms with Gasteiger partial charge in [-0.3, -0.25) is 0 Å². The SMILES string of the molecule is FC(F)(F)c1ccc2c(Cl)cc(N3CCN4CCC3CC4)nc2c1. The first-order chi connectivity index (χ1) is 11.4. The van der Waals surface area contributed by atoms with Crippen LogP contribution in [-0.2, 0) is 6.18 Å². The molecule has 3 saturated heterocycles. The van der Waals surface area contributed by atoms with E-state index in [9.17, 15) is 13.2 Å². The monoisotopic (exact) mass is 355 g/mol. The molecule has 4 heterocycles. The topological polar surface area (TPSA) is 19.4 Å². The van der Waals surface area contributed by atoms with Gasteiger partial charge in [0.15, 0.2) is 0 Å². The van der Waals surface area contributed by atoms with Crippen molar-refractivity contribution in [2.75, 3.05) is 31.1 Å². The molecule has 0 atom stereocenters. The summed E-state index contributed by atoms with van der Waals surface area (Å²) >= 11 is 6.33. The van der Waals surface area contributed by atoms with Gasteiger partial charge in [-0.05, 0) is 31.0 Å². The van der Waals surface area contributed by atoms with Crippen LogP contribution in [0.25, 0.3) is 10.9 Å². The molecule has 3 aliphatic heterocycles. The van der Waals surface area contributed by atoms with Gasteiger partial charge in [-0.15, -0.1) is 0 Å². The third-order valence-corrected chi connectivity index (χ3v) is 5.34. The van der Waals surface area contributed by atoms with Crippen LogP contribution in [0.3, 0.4) is 0 Å². The Labute approximate surface area is 143 Å². The minimum Gasteiger partial charge on any atom is -0.352 e. The van der Waals surface area contributed by atoms with Crippen molar-refractivity contribution in [2.24, 2.45) is 0 Å². The van der Waals surface area contributed by atoms with Crippen LogP contribution in [0.15, 0.2) is 24.3 Å². The first-order valence-electron chi connectivity index (χ1n) is 8.08. The highest BCUT2D eigenvalue weighted by molar-refractivity contribution is 6.35. The lowest BCUT2D eigenvalue weighted by Crippen LogP contribution is -2.38. The number of pyridine rings is 1. The van der Waals surface area contributed by atoms with Crippen LogP contribution in [0.4, 0.5) is 19.0 Å². The van der Waals surface area contributed by atoms with Crippen LogP contribution >= 0.6 is 11.6 Å². The Balaban J connectivity index is 1.78. The first kappa shape index (κ1) is 16.0. The third kappa shape index (κ3) is 2.82. The number of rotatable bonds is 1. The Kier molecular flexibility index (Phi) is 3.84. The molecule has 0 radical (unpaired) electrons. The largest absolute Gasteiger partial charge is 0.416 e. The molecule has 5 rings (SSSR count). The molecule has 0 N–H and O–H groups in total. The lowest BCUT2D eigenvalue weighted by Gasteiger charge is -2.32. The molecule has 1 aromatic carbocycles. The lowest BCUT2D eigenvalue weighted by molar-refractivity contribution is -0.137. The normalized spacial score (nSPS) is 24.4. The number of piperidine rings is 1. The fourth-order valence-electron chi connectivity index (χ4n) is 3.68. The van der Waals surface area contributed by atoms with Crippen molar-refractivity contribution in [1.29, 1.82) is 0 Å². The number of aromatic nitrogens is 1. The molecule has 0 unspecified atom stereocenters. The lowest BCUT2D eigenvalue weighted by atomic mass is 10.1. The van der Waals surface area contributed by atoms with Gasteiger partial charge in [0, 0.05) is 37.6 Å². The van der Waals surface area contributed by atoms with Crippen LogP contribution in [-0.4, -0.2) is 42.1 Å². The van der Waals surface area contributed by atoms with Crippen LogP contribution < -0.4 is 4.90 Å². The average Bonchev–Trinajstić information content (AvgIpc) is 2.87. The van der Waals surface area contributed by atoms with Crippen molar-refractivity contribution in [3.8, 4) is 0 Å². The second-order valence-electron chi connectivity index (χ2n) is 6.46. The van der Waals surface area contributed by atoms with Gasteiger partial charge in [0.2, 0.25) is 0 Å². The van der Waals surface area contributed by atoms with Crippen molar-refractivity contribution < 1.29 is 13.2 Å². The van der Waals surface area contributed by atoms with E-state index in [2.05, 4.69) is 14.8 Å². The van der Waals surface area contributed by atoms with Crippen molar-refractivity contribution in [1.82, 2.24) is 9.88 Å². The molecule has 7 heteroatoms. The third-order valence-electron chi connectivity index (χ3n) is 5.02. The van der Waals surface area contributed by atoms with Gasteiger partial charge in [0.05, 0.1) is 16.1 Å². The Morgan fingerprint density at radius 2 is 1.79 bits per heavy atom. The van der Waals surface area contributed by atoms with E-state index in [1.807, 2.05) is 0 Å². The van der Waals surface area contributed by atoms with Crippen molar-refractivity contribution in [2.45, 2.75) is 25.1 Å². The number of alkyl halides is 3. The van der Waals surface area contributed by atoms with Gasteiger partial charge in [0.25, 0.3) is 0 Å². The van der Waals surface area contributed by atoms with Gasteiger partial charge < -0.3 is 9.80 Å². The van der Waals surface area contributed by atoms with Gasteiger partial charge in [-0.2, -0.15) is 13.2 Å². The molecule has 2 aromatic rings. The van der Waals surface area contributed by atoms with E-state index >= 15 is 0 Å². The van der Waals surface area contributed by atoms with Crippen molar-refractivity contribution >= 4 is 28.3 Å². The maximum atomic E-state index is 13.0. The van der Waals surface area contributed by atoms with Crippen LogP contribution in [0, 0.1) is 0 Å². The summed E-state index contributed by atoms with van der Waals surface area (Å²) < 4.78 is 38.9. The summed E-state index contributed by atoms with van der Waals surface area (Å²) in [6.45, 7) is 3.93. The maximum absolute atomic E-state index is 13.0. The van der Waals surface area contributed by atoms with Crippen LogP contribution in [0.2, 0.25) is 5.02 Å². The van der Waals surface area contributed by atoms with Crippen molar-refractivity contribution in [3.05, 3.63) is 34.9 Å². The number of hydrogen-bond acceptors (Lipinski definition) is 3. The maximum Gasteiger partial charge on any atom is 0.416 e. The van der Waals surface area contributed by atoms with Gasteiger partial charge in [-0.1, -0.05) is 17.7 Å². The van der Waals surface area contributed by atoms with Crippen molar-refractivity contribution in [3.63, 3.8) is 0 Å². The molecule has 24 heavy (non-hydrogen) atoms. The van der Waals surface area contributed by atoms with Crippen LogP contribution in [0.5, 0.6) is 0 Å². The van der Waals surface area contributed by atoms with E-state index in [-0.39, 0.29) is 0 Å². The number of benzene rings is 1. The number of halogens is 4. The predicted octanol–water partition coefficient (Wildman–Crippen LogP) is 4.19. The molecule has 3 nitrogen and oxygen atoms in total. The summed E-state index contributed by atoms with van der Waals surface area (Å²) in [5, 5.41) is 0.999. The second-order valence-corrected chi connectivity index (χ2v) is 6.87. The summed E-state index contributed by atoms with van der Waals surface area (Å²) in [6.07, 6.45) is -2.27. The summed E-state index contributed by atoms with van der Waals surface area (Å²) in [6, 6.07) is 5.71. The first-order valence-corrected chi connectivity index (χ1v) is 8.46. The molecule has 0 aliphatic carbocycles. The van der Waals surface area contributed by atoms with Gasteiger partial charge in [-0.25, -0.2) is 4.98 Å². The quantitative estimate of drug-likeness (QED) is 0.764. The van der Waals surface area contributed by atoms with E-state index in [1.165, 1.54) is 6.07 Å². The Hall–Kier alpha value is -1.53. The minimum atomic E-state index is -4.38. The zero-order chi connectivity index (χ0) is 16.9. The fraction of sp³-hybridized carbons (Fsp3) is 0.471. The Morgan fingerprint density at radius 1 is 1.04 bits per heavy atom.